The van der Waals surface area contributed by atoms with Crippen molar-refractivity contribution in [2.45, 2.75) is 26.7 Å². The molecule has 0 amide bonds. The van der Waals surface area contributed by atoms with E-state index in [4.69, 9.17) is 39.5 Å². The zero-order chi connectivity index (χ0) is 16.4. The van der Waals surface area contributed by atoms with Crippen molar-refractivity contribution in [3.05, 3.63) is 44.2 Å². The van der Waals surface area contributed by atoms with E-state index in [1.165, 1.54) is 12.1 Å². The van der Waals surface area contributed by atoms with Crippen molar-refractivity contribution in [2.75, 3.05) is 0 Å². The monoisotopic (exact) mass is 360 g/mol. The summed E-state index contributed by atoms with van der Waals surface area (Å²) in [6, 6.07) is 2.96. The third-order valence-corrected chi connectivity index (χ3v) is 4.20. The van der Waals surface area contributed by atoms with E-state index >= 15 is 0 Å². The van der Waals surface area contributed by atoms with Crippen LogP contribution in [0.25, 0.3) is 0 Å². The molecule has 0 saturated heterocycles. The van der Waals surface area contributed by atoms with Crippen molar-refractivity contribution in [3.63, 3.8) is 0 Å². The molecule has 7 heteroatoms. The Labute approximate surface area is 143 Å². The number of aromatic nitrogens is 2. The molecule has 0 spiro atoms. The topological polar surface area (TPSA) is 44.1 Å². The van der Waals surface area contributed by atoms with Crippen LogP contribution in [0.5, 0.6) is 5.75 Å². The van der Waals surface area contributed by atoms with E-state index in [0.29, 0.717) is 11.4 Å². The second-order valence-corrected chi connectivity index (χ2v) is 6.20. The zero-order valence-electron chi connectivity index (χ0n) is 12.4. The van der Waals surface area contributed by atoms with Gasteiger partial charge in [-0.3, -0.25) is 9.48 Å². The number of nitrogens with zero attached hydrogens (tertiary/aromatic N) is 2. The van der Waals surface area contributed by atoms with Crippen molar-refractivity contribution in [2.24, 2.45) is 7.05 Å². The van der Waals surface area contributed by atoms with Crippen LogP contribution in [0.3, 0.4) is 0 Å². The Hall–Kier alpha value is -1.23. The lowest BCUT2D eigenvalue weighted by Crippen LogP contribution is -2.10. The Kier molecular flexibility index (Phi) is 5.37. The Morgan fingerprint density at radius 1 is 1.23 bits per heavy atom. The first-order valence-corrected chi connectivity index (χ1v) is 7.77. The number of benzene rings is 1. The summed E-state index contributed by atoms with van der Waals surface area (Å²) < 4.78 is 7.05. The SMILES string of the molecule is Cc1nn(C)c(C)c1CCC(=O)Oc1c(Cl)cc(Cl)cc1Cl. The van der Waals surface area contributed by atoms with Crippen LogP contribution in [-0.4, -0.2) is 15.7 Å². The van der Waals surface area contributed by atoms with Crippen LogP contribution in [0.15, 0.2) is 12.1 Å². The quantitative estimate of drug-likeness (QED) is 0.593. The molecule has 0 saturated carbocycles. The standard InChI is InChI=1S/C15H15Cl3N2O2/c1-8-11(9(2)20(3)19-8)4-5-14(21)22-15-12(17)6-10(16)7-13(15)18/h6-7H,4-5H2,1-3H3. The van der Waals surface area contributed by atoms with E-state index in [0.717, 1.165) is 17.0 Å². The van der Waals surface area contributed by atoms with Gasteiger partial charge in [0.2, 0.25) is 0 Å². The van der Waals surface area contributed by atoms with Crippen molar-refractivity contribution >= 4 is 40.8 Å². The first-order chi connectivity index (χ1) is 10.3. The number of rotatable bonds is 4. The number of hydrogen-bond donors (Lipinski definition) is 0. The van der Waals surface area contributed by atoms with E-state index in [1.807, 2.05) is 20.9 Å². The minimum absolute atomic E-state index is 0.136. The van der Waals surface area contributed by atoms with E-state index in [1.54, 1.807) is 4.68 Å². The first-order valence-electron chi connectivity index (χ1n) is 6.64. The molecule has 0 aliphatic rings. The number of esters is 1. The summed E-state index contributed by atoms with van der Waals surface area (Å²) in [6.07, 6.45) is 0.760. The summed E-state index contributed by atoms with van der Waals surface area (Å²) in [7, 11) is 1.87. The lowest BCUT2D eigenvalue weighted by molar-refractivity contribution is -0.134. The van der Waals surface area contributed by atoms with Crippen LogP contribution in [0, 0.1) is 13.8 Å². The highest BCUT2D eigenvalue weighted by atomic mass is 35.5. The van der Waals surface area contributed by atoms with Crippen LogP contribution in [0.1, 0.15) is 23.4 Å². The van der Waals surface area contributed by atoms with Crippen LogP contribution < -0.4 is 4.74 Å². The molecule has 0 aliphatic heterocycles. The smallest absolute Gasteiger partial charge is 0.311 e. The molecule has 0 bridgehead atoms. The van der Waals surface area contributed by atoms with E-state index in [-0.39, 0.29) is 22.2 Å². The van der Waals surface area contributed by atoms with Gasteiger partial charge in [0.15, 0.2) is 5.75 Å². The summed E-state index contributed by atoms with van der Waals surface area (Å²) in [5.74, 6) is -0.272. The molecular weight excluding hydrogens is 347 g/mol. The van der Waals surface area contributed by atoms with E-state index in [2.05, 4.69) is 5.10 Å². The highest BCUT2D eigenvalue weighted by Crippen LogP contribution is 2.36. The fourth-order valence-corrected chi connectivity index (χ4v) is 3.09. The molecule has 118 valence electrons. The average molecular weight is 362 g/mol. The molecule has 0 unspecified atom stereocenters. The van der Waals surface area contributed by atoms with Gasteiger partial charge in [-0.1, -0.05) is 34.8 Å². The first kappa shape index (κ1) is 17.1. The second kappa shape index (κ2) is 6.90. The molecule has 1 aromatic heterocycles. The molecule has 1 heterocycles. The highest BCUT2D eigenvalue weighted by Gasteiger charge is 2.16. The highest BCUT2D eigenvalue weighted by molar-refractivity contribution is 6.40. The van der Waals surface area contributed by atoms with Gasteiger partial charge in [0, 0.05) is 17.8 Å². The maximum Gasteiger partial charge on any atom is 0.311 e. The van der Waals surface area contributed by atoms with Gasteiger partial charge in [0.1, 0.15) is 0 Å². The van der Waals surface area contributed by atoms with Crippen LogP contribution in [-0.2, 0) is 18.3 Å². The normalized spacial score (nSPS) is 10.8. The molecule has 0 atom stereocenters. The average Bonchev–Trinajstić information content (AvgIpc) is 2.65. The molecule has 2 aromatic rings. The minimum atomic E-state index is -0.409. The van der Waals surface area contributed by atoms with Gasteiger partial charge in [0.25, 0.3) is 0 Å². The lowest BCUT2D eigenvalue weighted by Gasteiger charge is -2.09. The van der Waals surface area contributed by atoms with E-state index in [9.17, 15) is 4.79 Å². The molecule has 0 N–H and O–H groups in total. The van der Waals surface area contributed by atoms with Gasteiger partial charge in [-0.2, -0.15) is 5.10 Å². The number of ether oxygens (including phenoxy) is 1. The Bertz CT molecular complexity index is 703. The maximum absolute atomic E-state index is 12.0. The number of halogens is 3. The molecular formula is C15H15Cl3N2O2. The molecule has 2 rings (SSSR count). The number of carbonyl (C=O) groups excluding carboxylic acids is 1. The molecule has 1 aromatic carbocycles. The fourth-order valence-electron chi connectivity index (χ4n) is 2.20. The van der Waals surface area contributed by atoms with Crippen molar-refractivity contribution in [1.82, 2.24) is 9.78 Å². The molecule has 22 heavy (non-hydrogen) atoms. The predicted octanol–water partition coefficient (Wildman–Crippen LogP) is 4.54. The summed E-state index contributed by atoms with van der Waals surface area (Å²) >= 11 is 17.8. The molecule has 0 radical (unpaired) electrons. The Morgan fingerprint density at radius 2 is 1.82 bits per heavy atom. The fraction of sp³-hybridized carbons (Fsp3) is 0.333. The zero-order valence-corrected chi connectivity index (χ0v) is 14.7. The van der Waals surface area contributed by atoms with E-state index < -0.39 is 5.97 Å². The van der Waals surface area contributed by atoms with Crippen molar-refractivity contribution in [1.29, 1.82) is 0 Å². The predicted molar refractivity (Wildman–Crippen MR) is 88.1 cm³/mol. The minimum Gasteiger partial charge on any atom is -0.423 e. The largest absolute Gasteiger partial charge is 0.423 e. The summed E-state index contributed by atoms with van der Waals surface area (Å²) in [5.41, 5.74) is 3.00. The van der Waals surface area contributed by atoms with Crippen LogP contribution in [0.4, 0.5) is 0 Å². The van der Waals surface area contributed by atoms with Gasteiger partial charge in [-0.25, -0.2) is 0 Å². The van der Waals surface area contributed by atoms with Gasteiger partial charge >= 0.3 is 5.97 Å². The lowest BCUT2D eigenvalue weighted by atomic mass is 10.1. The van der Waals surface area contributed by atoms with Gasteiger partial charge in [0.05, 0.1) is 22.2 Å². The number of carbonyl (C=O) groups is 1. The maximum atomic E-state index is 12.0. The van der Waals surface area contributed by atoms with Crippen LogP contribution in [0.2, 0.25) is 15.1 Å². The third-order valence-electron chi connectivity index (χ3n) is 3.42. The van der Waals surface area contributed by atoms with Crippen LogP contribution >= 0.6 is 34.8 Å². The number of hydrogen-bond acceptors (Lipinski definition) is 3. The Morgan fingerprint density at radius 3 is 2.32 bits per heavy atom. The summed E-state index contributed by atoms with van der Waals surface area (Å²) in [5, 5.41) is 5.12. The van der Waals surface area contributed by atoms with Gasteiger partial charge in [-0.05, 0) is 38.0 Å². The summed E-state index contributed by atoms with van der Waals surface area (Å²) in [4.78, 5) is 12.0. The second-order valence-electron chi connectivity index (χ2n) is 4.95. The van der Waals surface area contributed by atoms with Crippen molar-refractivity contribution in [3.8, 4) is 5.75 Å². The van der Waals surface area contributed by atoms with Crippen molar-refractivity contribution < 1.29 is 9.53 Å². The number of aryl methyl sites for hydroxylation is 2. The molecule has 4 nitrogen and oxygen atoms in total. The van der Waals surface area contributed by atoms with Gasteiger partial charge < -0.3 is 4.74 Å². The van der Waals surface area contributed by atoms with Gasteiger partial charge in [-0.15, -0.1) is 0 Å². The molecule has 0 fully saturated rings. The molecule has 0 aliphatic carbocycles. The third kappa shape index (κ3) is 3.75. The Balaban J connectivity index is 2.05. The summed E-state index contributed by atoms with van der Waals surface area (Å²) in [6.45, 7) is 3.88.